The van der Waals surface area contributed by atoms with E-state index < -0.39 is 6.04 Å². The highest BCUT2D eigenvalue weighted by Gasteiger charge is 2.17. The Bertz CT molecular complexity index is 418. The summed E-state index contributed by atoms with van der Waals surface area (Å²) < 4.78 is 0. The van der Waals surface area contributed by atoms with Gasteiger partial charge in [0.1, 0.15) is 0 Å². The smallest absolute Gasteiger partial charge is 0.251 e. The van der Waals surface area contributed by atoms with Crippen LogP contribution in [0.2, 0.25) is 0 Å². The van der Waals surface area contributed by atoms with Gasteiger partial charge in [-0.25, -0.2) is 0 Å². The molecule has 5 heteroatoms. The van der Waals surface area contributed by atoms with Gasteiger partial charge in [0.25, 0.3) is 5.91 Å². The Morgan fingerprint density at radius 3 is 2.44 bits per heavy atom. The van der Waals surface area contributed by atoms with Gasteiger partial charge >= 0.3 is 0 Å². The molecule has 0 saturated carbocycles. The summed E-state index contributed by atoms with van der Waals surface area (Å²) in [6, 6.07) is 6.22. The molecule has 98 valence electrons. The molecule has 1 rings (SSSR count). The number of amides is 1. The Kier molecular flexibility index (Phi) is 5.71. The van der Waals surface area contributed by atoms with Gasteiger partial charge in [-0.05, 0) is 49.6 Å². The van der Waals surface area contributed by atoms with E-state index in [-0.39, 0.29) is 11.7 Å². The number of ketones is 1. The van der Waals surface area contributed by atoms with Gasteiger partial charge in [-0.3, -0.25) is 9.59 Å². The maximum atomic E-state index is 11.9. The molecular weight excluding hydrogens is 248 g/mol. The molecule has 0 spiro atoms. The van der Waals surface area contributed by atoms with E-state index >= 15 is 0 Å². The molecular formula is C13H18N2O2S. The molecule has 0 aliphatic rings. The van der Waals surface area contributed by atoms with Crippen LogP contribution >= 0.6 is 11.8 Å². The van der Waals surface area contributed by atoms with Crippen molar-refractivity contribution < 1.29 is 9.59 Å². The van der Waals surface area contributed by atoms with Crippen LogP contribution in [0.3, 0.4) is 0 Å². The fourth-order valence-electron chi connectivity index (χ4n) is 1.49. The molecule has 18 heavy (non-hydrogen) atoms. The largest absolute Gasteiger partial charge is 0.399 e. The van der Waals surface area contributed by atoms with Crippen molar-refractivity contribution in [2.75, 3.05) is 17.7 Å². The Morgan fingerprint density at radius 1 is 1.33 bits per heavy atom. The number of hydrogen-bond donors (Lipinski definition) is 2. The molecule has 1 amide bonds. The summed E-state index contributed by atoms with van der Waals surface area (Å²) in [4.78, 5) is 23.3. The van der Waals surface area contributed by atoms with Gasteiger partial charge in [-0.15, -0.1) is 0 Å². The highest BCUT2D eigenvalue weighted by molar-refractivity contribution is 7.98. The lowest BCUT2D eigenvalue weighted by atomic mass is 10.1. The SMILES string of the molecule is CSCC[C@H](NC(=O)c1ccc(N)cc1)C(C)=O. The lowest BCUT2D eigenvalue weighted by Gasteiger charge is -2.15. The Labute approximate surface area is 111 Å². The number of benzene rings is 1. The second kappa shape index (κ2) is 7.06. The minimum Gasteiger partial charge on any atom is -0.399 e. The first-order valence-electron chi connectivity index (χ1n) is 5.70. The summed E-state index contributed by atoms with van der Waals surface area (Å²) in [5, 5.41) is 2.74. The van der Waals surface area contributed by atoms with Crippen LogP contribution < -0.4 is 11.1 Å². The summed E-state index contributed by atoms with van der Waals surface area (Å²) in [6.45, 7) is 1.49. The average molecular weight is 266 g/mol. The van der Waals surface area contributed by atoms with Crippen molar-refractivity contribution >= 4 is 29.1 Å². The van der Waals surface area contributed by atoms with Crippen LogP contribution in [0.5, 0.6) is 0 Å². The molecule has 0 heterocycles. The van der Waals surface area contributed by atoms with Gasteiger partial charge in [0.15, 0.2) is 5.78 Å². The van der Waals surface area contributed by atoms with E-state index in [0.29, 0.717) is 17.7 Å². The lowest BCUT2D eigenvalue weighted by molar-refractivity contribution is -0.118. The number of nitrogens with one attached hydrogen (secondary N) is 1. The molecule has 4 nitrogen and oxygen atoms in total. The van der Waals surface area contributed by atoms with Crippen LogP contribution in [0.4, 0.5) is 5.69 Å². The van der Waals surface area contributed by atoms with Crippen LogP contribution in [0, 0.1) is 0 Å². The van der Waals surface area contributed by atoms with E-state index in [4.69, 9.17) is 5.73 Å². The number of anilines is 1. The zero-order chi connectivity index (χ0) is 13.5. The van der Waals surface area contributed by atoms with Gasteiger partial charge in [0.05, 0.1) is 6.04 Å². The third-order valence-corrected chi connectivity index (χ3v) is 3.22. The van der Waals surface area contributed by atoms with Crippen molar-refractivity contribution in [3.05, 3.63) is 29.8 Å². The number of thioether (sulfide) groups is 1. The summed E-state index contributed by atoms with van der Waals surface area (Å²) >= 11 is 1.65. The number of nitrogens with two attached hydrogens (primary N) is 1. The number of hydrogen-bond acceptors (Lipinski definition) is 4. The Morgan fingerprint density at radius 2 is 1.94 bits per heavy atom. The number of rotatable bonds is 6. The molecule has 0 bridgehead atoms. The van der Waals surface area contributed by atoms with Crippen LogP contribution in [0.25, 0.3) is 0 Å². The van der Waals surface area contributed by atoms with E-state index in [2.05, 4.69) is 5.32 Å². The van der Waals surface area contributed by atoms with Crippen LogP contribution in [-0.4, -0.2) is 29.7 Å². The van der Waals surface area contributed by atoms with Crippen LogP contribution in [0.1, 0.15) is 23.7 Å². The topological polar surface area (TPSA) is 72.2 Å². The minimum absolute atomic E-state index is 0.0205. The zero-order valence-electron chi connectivity index (χ0n) is 10.6. The van der Waals surface area contributed by atoms with E-state index in [1.165, 1.54) is 6.92 Å². The highest BCUT2D eigenvalue weighted by Crippen LogP contribution is 2.07. The van der Waals surface area contributed by atoms with Crippen molar-refractivity contribution in [1.82, 2.24) is 5.32 Å². The molecule has 1 aromatic carbocycles. The lowest BCUT2D eigenvalue weighted by Crippen LogP contribution is -2.40. The monoisotopic (exact) mass is 266 g/mol. The molecule has 0 aliphatic heterocycles. The molecule has 1 aromatic rings. The van der Waals surface area contributed by atoms with Gasteiger partial charge in [0.2, 0.25) is 0 Å². The summed E-state index contributed by atoms with van der Waals surface area (Å²) in [5.74, 6) is 0.580. The molecule has 3 N–H and O–H groups in total. The molecule has 0 radical (unpaired) electrons. The number of carbonyl (C=O) groups excluding carboxylic acids is 2. The summed E-state index contributed by atoms with van der Waals surface area (Å²) in [7, 11) is 0. The number of Topliss-reactive ketones (excluding diaryl/α,β-unsaturated/α-hetero) is 1. The minimum atomic E-state index is -0.414. The van der Waals surface area contributed by atoms with Crippen molar-refractivity contribution in [3.63, 3.8) is 0 Å². The first-order valence-corrected chi connectivity index (χ1v) is 7.09. The number of carbonyl (C=O) groups is 2. The van der Waals surface area contributed by atoms with Crippen molar-refractivity contribution in [2.45, 2.75) is 19.4 Å². The van der Waals surface area contributed by atoms with Crippen LogP contribution in [-0.2, 0) is 4.79 Å². The maximum Gasteiger partial charge on any atom is 0.251 e. The second-order valence-electron chi connectivity index (χ2n) is 4.04. The van der Waals surface area contributed by atoms with Gasteiger partial charge in [-0.2, -0.15) is 11.8 Å². The first-order chi connectivity index (χ1) is 8.54. The summed E-state index contributed by atoms with van der Waals surface area (Å²) in [5.41, 5.74) is 6.68. The normalized spacial score (nSPS) is 11.9. The molecule has 0 fully saturated rings. The predicted octanol–water partition coefficient (Wildman–Crippen LogP) is 1.71. The van der Waals surface area contributed by atoms with E-state index in [1.807, 2.05) is 6.26 Å². The third-order valence-electron chi connectivity index (χ3n) is 2.58. The second-order valence-corrected chi connectivity index (χ2v) is 5.03. The van der Waals surface area contributed by atoms with Gasteiger partial charge in [-0.1, -0.05) is 0 Å². The third kappa shape index (κ3) is 4.41. The fourth-order valence-corrected chi connectivity index (χ4v) is 1.96. The first kappa shape index (κ1) is 14.6. The van der Waals surface area contributed by atoms with E-state index in [9.17, 15) is 9.59 Å². The van der Waals surface area contributed by atoms with Crippen molar-refractivity contribution in [2.24, 2.45) is 0 Å². The van der Waals surface area contributed by atoms with Gasteiger partial charge < -0.3 is 11.1 Å². The van der Waals surface area contributed by atoms with Crippen molar-refractivity contribution in [1.29, 1.82) is 0 Å². The Hall–Kier alpha value is -1.49. The van der Waals surface area contributed by atoms with Gasteiger partial charge in [0, 0.05) is 11.3 Å². The molecule has 1 atom stereocenters. The maximum absolute atomic E-state index is 11.9. The van der Waals surface area contributed by atoms with E-state index in [0.717, 1.165) is 5.75 Å². The molecule has 0 aliphatic carbocycles. The Balaban J connectivity index is 2.66. The fraction of sp³-hybridized carbons (Fsp3) is 0.385. The zero-order valence-corrected chi connectivity index (χ0v) is 11.4. The highest BCUT2D eigenvalue weighted by atomic mass is 32.2. The molecule has 0 unspecified atom stereocenters. The standard InChI is InChI=1S/C13H18N2O2S/c1-9(16)12(7-8-18-2)15-13(17)10-3-5-11(14)6-4-10/h3-6,12H,7-8,14H2,1-2H3,(H,15,17)/t12-/m0/s1. The average Bonchev–Trinajstić information content (AvgIpc) is 2.34. The van der Waals surface area contributed by atoms with Crippen LogP contribution in [0.15, 0.2) is 24.3 Å². The predicted molar refractivity (Wildman–Crippen MR) is 75.8 cm³/mol. The summed E-state index contributed by atoms with van der Waals surface area (Å²) in [6.07, 6.45) is 2.62. The molecule has 0 aromatic heterocycles. The number of nitrogen functional groups attached to an aromatic ring is 1. The quantitative estimate of drug-likeness (QED) is 0.769. The van der Waals surface area contributed by atoms with E-state index in [1.54, 1.807) is 36.0 Å². The van der Waals surface area contributed by atoms with Crippen molar-refractivity contribution in [3.8, 4) is 0 Å². The molecule has 0 saturated heterocycles.